The lowest BCUT2D eigenvalue weighted by molar-refractivity contribution is 0.639. The number of nitriles is 2. The average Bonchev–Trinajstić information content (AvgIpc) is 3.75. The van der Waals surface area contributed by atoms with Gasteiger partial charge < -0.3 is 0 Å². The highest BCUT2D eigenvalue weighted by atomic mass is 19.1. The third kappa shape index (κ3) is 4.11. The van der Waals surface area contributed by atoms with Crippen molar-refractivity contribution in [3.05, 3.63) is 167 Å². The van der Waals surface area contributed by atoms with Crippen LogP contribution >= 0.6 is 0 Å². The maximum Gasteiger partial charge on any atom is 0.131 e. The zero-order chi connectivity index (χ0) is 39.1. The van der Waals surface area contributed by atoms with Crippen LogP contribution in [0.3, 0.4) is 0 Å². The topological polar surface area (TPSA) is 47.6 Å². The number of fused-ring (bicyclic) bond motifs is 11. The number of aryl methyl sites for hydroxylation is 2. The Hall–Kier alpha value is -7.66. The molecule has 268 valence electrons. The quantitative estimate of drug-likeness (QED) is 0.166. The molecular weight excluding hydrogens is 715 g/mol. The maximum atomic E-state index is 15.4. The van der Waals surface area contributed by atoms with Gasteiger partial charge in [0.2, 0.25) is 0 Å². The van der Waals surface area contributed by atoms with Gasteiger partial charge in [-0.05, 0) is 173 Å². The highest BCUT2D eigenvalue weighted by molar-refractivity contribution is 6.30. The van der Waals surface area contributed by atoms with Crippen molar-refractivity contribution in [3.63, 3.8) is 0 Å². The van der Waals surface area contributed by atoms with Gasteiger partial charge in [-0.1, -0.05) is 84.9 Å². The maximum absolute atomic E-state index is 15.4. The summed E-state index contributed by atoms with van der Waals surface area (Å²) in [5.74, 6) is -0.503. The van der Waals surface area contributed by atoms with Gasteiger partial charge in [0.1, 0.15) is 11.6 Å². The number of nitrogens with zero attached hydrogens (tertiary/aromatic N) is 2. The van der Waals surface area contributed by atoms with Crippen LogP contribution in [0.25, 0.3) is 121 Å². The zero-order valence-corrected chi connectivity index (χ0v) is 31.4. The molecule has 0 saturated heterocycles. The summed E-state index contributed by atoms with van der Waals surface area (Å²) in [4.78, 5) is 0. The Morgan fingerprint density at radius 1 is 0.345 bits per heavy atom. The molecule has 0 spiro atoms. The lowest BCUT2D eigenvalue weighted by atomic mass is 9.82. The highest BCUT2D eigenvalue weighted by Gasteiger charge is 2.31. The Bertz CT molecular complexity index is 3450. The van der Waals surface area contributed by atoms with Crippen molar-refractivity contribution < 1.29 is 8.78 Å². The summed E-state index contributed by atoms with van der Waals surface area (Å²) in [6.45, 7) is 4.16. The summed E-state index contributed by atoms with van der Waals surface area (Å²) in [5, 5.41) is 29.4. The largest absolute Gasteiger partial charge is 0.206 e. The lowest BCUT2D eigenvalue weighted by Crippen LogP contribution is -1.94. The Morgan fingerprint density at radius 3 is 1.21 bits per heavy atom. The first-order valence-corrected chi connectivity index (χ1v) is 19.3. The summed E-state index contributed by atoms with van der Waals surface area (Å²) < 4.78 is 30.9. The van der Waals surface area contributed by atoms with Gasteiger partial charge >= 0.3 is 0 Å². The van der Waals surface area contributed by atoms with E-state index in [9.17, 15) is 10.5 Å². The minimum Gasteiger partial charge on any atom is -0.206 e. The highest BCUT2D eigenvalue weighted by Crippen LogP contribution is 2.57. The number of benzene rings is 10. The molecule has 0 aliphatic heterocycles. The Morgan fingerprint density at radius 2 is 0.776 bits per heavy atom. The molecule has 10 aromatic carbocycles. The van der Waals surface area contributed by atoms with Gasteiger partial charge in [-0.2, -0.15) is 10.5 Å². The van der Waals surface area contributed by atoms with Crippen LogP contribution in [-0.2, 0) is 0 Å². The van der Waals surface area contributed by atoms with Gasteiger partial charge in [-0.15, -0.1) is 0 Å². The smallest absolute Gasteiger partial charge is 0.131 e. The fraction of sp³-hybridized carbons (Fsp3) is 0.0370. The van der Waals surface area contributed by atoms with E-state index < -0.39 is 0 Å². The molecule has 2 aliphatic rings. The van der Waals surface area contributed by atoms with Crippen LogP contribution in [0.4, 0.5) is 8.78 Å². The van der Waals surface area contributed by atoms with E-state index in [4.69, 9.17) is 0 Å². The molecule has 0 saturated carbocycles. The van der Waals surface area contributed by atoms with E-state index in [1.165, 1.54) is 0 Å². The van der Waals surface area contributed by atoms with Crippen LogP contribution in [0.15, 0.2) is 133 Å². The number of halogens is 2. The molecule has 58 heavy (non-hydrogen) atoms. The minimum absolute atomic E-state index is 0.251. The average molecular weight is 743 g/mol. The monoisotopic (exact) mass is 742 g/mol. The summed E-state index contributed by atoms with van der Waals surface area (Å²) in [6, 6.07) is 48.4. The molecule has 2 aliphatic carbocycles. The summed E-state index contributed by atoms with van der Waals surface area (Å²) in [5.41, 5.74) is 15.3. The second-order valence-corrected chi connectivity index (χ2v) is 15.7. The van der Waals surface area contributed by atoms with Gasteiger partial charge in [0.15, 0.2) is 0 Å². The molecule has 0 radical (unpaired) electrons. The molecule has 2 nitrogen and oxygen atoms in total. The van der Waals surface area contributed by atoms with Crippen LogP contribution in [0.1, 0.15) is 22.3 Å². The van der Waals surface area contributed by atoms with Crippen molar-refractivity contribution in [2.75, 3.05) is 0 Å². The van der Waals surface area contributed by atoms with E-state index in [-0.39, 0.29) is 11.6 Å². The standard InChI is InChI=1S/C54H28F2N2/c1-27-9-11-29(25-57)21-41(27)51-33-15-13-32-31(43(33)23-45-35-17-19-47(55)37-5-3-7-39(49(35)37)53(45)51)14-16-34-44(32)24-46-36-18-20-48(56)38-6-4-8-40(50(36)38)54(46)52(34)42-22-30(26-58)12-10-28(42)2/h3-24H,1-2H3. The fourth-order valence-corrected chi connectivity index (χ4v) is 10.2. The number of hydrogen-bond donors (Lipinski definition) is 0. The second kappa shape index (κ2) is 11.5. The van der Waals surface area contributed by atoms with Crippen molar-refractivity contribution >= 4 is 53.9 Å². The van der Waals surface area contributed by atoms with E-state index >= 15 is 8.78 Å². The van der Waals surface area contributed by atoms with Crippen molar-refractivity contribution in [1.82, 2.24) is 0 Å². The first kappa shape index (κ1) is 32.6. The molecule has 0 amide bonds. The molecule has 0 fully saturated rings. The normalized spacial score (nSPS) is 12.1. The van der Waals surface area contributed by atoms with Gasteiger partial charge in [-0.3, -0.25) is 0 Å². The molecule has 4 heteroatoms. The Balaban J connectivity index is 1.25. The van der Waals surface area contributed by atoms with Crippen molar-refractivity contribution in [2.24, 2.45) is 0 Å². The molecule has 0 bridgehead atoms. The second-order valence-electron chi connectivity index (χ2n) is 15.7. The van der Waals surface area contributed by atoms with Crippen LogP contribution in [0.5, 0.6) is 0 Å². The van der Waals surface area contributed by atoms with Gasteiger partial charge in [0.25, 0.3) is 0 Å². The molecular formula is C54H28F2N2. The molecule has 0 unspecified atom stereocenters. The summed E-state index contributed by atoms with van der Waals surface area (Å²) in [6.07, 6.45) is 0. The minimum atomic E-state index is -0.251. The van der Waals surface area contributed by atoms with Crippen molar-refractivity contribution in [3.8, 4) is 78.9 Å². The molecule has 0 atom stereocenters. The lowest BCUT2D eigenvalue weighted by Gasteiger charge is -2.20. The predicted octanol–water partition coefficient (Wildman–Crippen LogP) is 14.7. The molecule has 12 rings (SSSR count). The number of hydrogen-bond acceptors (Lipinski definition) is 2. The first-order chi connectivity index (χ1) is 28.3. The molecule has 0 aromatic heterocycles. The van der Waals surface area contributed by atoms with Crippen LogP contribution < -0.4 is 0 Å². The first-order valence-electron chi connectivity index (χ1n) is 19.3. The van der Waals surface area contributed by atoms with Gasteiger partial charge in [-0.25, -0.2) is 8.78 Å². The molecule has 10 aromatic rings. The molecule has 0 heterocycles. The van der Waals surface area contributed by atoms with E-state index in [1.807, 2.05) is 72.8 Å². The fourth-order valence-electron chi connectivity index (χ4n) is 10.2. The SMILES string of the molecule is Cc1ccc(C#N)cc1-c1c2c(cc3c1ccc1c4cc5c(c(-c6cc(C#N)ccc6C)c4ccc31)-c1cccc3c(F)ccc-5c13)-c1ccc(F)c3cccc-2c13. The summed E-state index contributed by atoms with van der Waals surface area (Å²) >= 11 is 0. The van der Waals surface area contributed by atoms with E-state index in [0.717, 1.165) is 121 Å². The van der Waals surface area contributed by atoms with Crippen LogP contribution in [0, 0.1) is 48.1 Å². The van der Waals surface area contributed by atoms with Crippen molar-refractivity contribution in [1.29, 1.82) is 10.5 Å². The molecule has 0 N–H and O–H groups in total. The van der Waals surface area contributed by atoms with Crippen LogP contribution in [0.2, 0.25) is 0 Å². The van der Waals surface area contributed by atoms with E-state index in [0.29, 0.717) is 21.9 Å². The van der Waals surface area contributed by atoms with Crippen LogP contribution in [-0.4, -0.2) is 0 Å². The van der Waals surface area contributed by atoms with Gasteiger partial charge in [0, 0.05) is 21.5 Å². The van der Waals surface area contributed by atoms with Gasteiger partial charge in [0.05, 0.1) is 23.3 Å². The predicted molar refractivity (Wildman–Crippen MR) is 233 cm³/mol. The third-order valence-electron chi connectivity index (χ3n) is 12.8. The number of rotatable bonds is 2. The third-order valence-corrected chi connectivity index (χ3v) is 12.8. The zero-order valence-electron chi connectivity index (χ0n) is 31.4. The summed E-state index contributed by atoms with van der Waals surface area (Å²) in [7, 11) is 0. The Kier molecular flexibility index (Phi) is 6.43. The Labute approximate surface area is 332 Å². The van der Waals surface area contributed by atoms with Crippen molar-refractivity contribution in [2.45, 2.75) is 13.8 Å². The van der Waals surface area contributed by atoms with E-state index in [2.05, 4.69) is 74.5 Å². The van der Waals surface area contributed by atoms with E-state index in [1.54, 1.807) is 12.1 Å².